The summed E-state index contributed by atoms with van der Waals surface area (Å²) in [7, 11) is 3.52. The molecule has 0 spiro atoms. The highest BCUT2D eigenvalue weighted by Crippen LogP contribution is 2.27. The molecular weight excluding hydrogens is 265 g/mol. The zero-order valence-corrected chi connectivity index (χ0v) is 13.0. The highest BCUT2D eigenvalue weighted by molar-refractivity contribution is 5.39. The fraction of sp³-hybridized carbons (Fsp3) is 0.333. The van der Waals surface area contributed by atoms with Gasteiger partial charge in [-0.2, -0.15) is 0 Å². The Labute approximate surface area is 126 Å². The molecule has 2 aromatic carbocycles. The molecule has 3 heteroatoms. The lowest BCUT2D eigenvalue weighted by atomic mass is 9.96. The molecule has 0 bridgehead atoms. The number of rotatable bonds is 5. The Hall–Kier alpha value is -1.87. The molecule has 21 heavy (non-hydrogen) atoms. The van der Waals surface area contributed by atoms with Crippen molar-refractivity contribution in [2.24, 2.45) is 0 Å². The maximum atomic E-state index is 14.1. The van der Waals surface area contributed by atoms with Crippen molar-refractivity contribution in [3.8, 4) is 5.75 Å². The normalized spacial score (nSPS) is 12.2. The second kappa shape index (κ2) is 6.72. The van der Waals surface area contributed by atoms with E-state index >= 15 is 0 Å². The molecule has 0 radical (unpaired) electrons. The zero-order valence-electron chi connectivity index (χ0n) is 13.0. The van der Waals surface area contributed by atoms with Gasteiger partial charge in [-0.1, -0.05) is 35.4 Å². The first-order valence-electron chi connectivity index (χ1n) is 7.12. The SMILES string of the molecule is CNC(Cc1cc(C)ccc1OC)c1cc(C)ccc1F. The van der Waals surface area contributed by atoms with Crippen LogP contribution in [0.15, 0.2) is 36.4 Å². The molecule has 0 saturated carbocycles. The number of ether oxygens (including phenoxy) is 1. The summed E-state index contributed by atoms with van der Waals surface area (Å²) >= 11 is 0. The molecule has 0 heterocycles. The fourth-order valence-electron chi connectivity index (χ4n) is 2.58. The Morgan fingerprint density at radius 3 is 2.43 bits per heavy atom. The molecule has 1 N–H and O–H groups in total. The molecule has 0 amide bonds. The quantitative estimate of drug-likeness (QED) is 0.899. The number of nitrogens with one attached hydrogen (secondary N) is 1. The van der Waals surface area contributed by atoms with Gasteiger partial charge >= 0.3 is 0 Å². The van der Waals surface area contributed by atoms with Gasteiger partial charge in [0.2, 0.25) is 0 Å². The van der Waals surface area contributed by atoms with Crippen LogP contribution in [0, 0.1) is 19.7 Å². The van der Waals surface area contributed by atoms with Crippen molar-refractivity contribution < 1.29 is 9.13 Å². The summed E-state index contributed by atoms with van der Waals surface area (Å²) in [6.45, 7) is 4.02. The Morgan fingerprint density at radius 2 is 1.76 bits per heavy atom. The van der Waals surface area contributed by atoms with E-state index in [1.807, 2.05) is 39.1 Å². The van der Waals surface area contributed by atoms with Crippen molar-refractivity contribution in [3.05, 3.63) is 64.5 Å². The fourth-order valence-corrected chi connectivity index (χ4v) is 2.58. The van der Waals surface area contributed by atoms with Gasteiger partial charge in [-0.3, -0.25) is 0 Å². The van der Waals surface area contributed by atoms with E-state index in [1.165, 1.54) is 11.6 Å². The molecule has 2 aromatic rings. The third-order valence-corrected chi connectivity index (χ3v) is 3.74. The van der Waals surface area contributed by atoms with Gasteiger partial charge in [0.05, 0.1) is 7.11 Å². The van der Waals surface area contributed by atoms with Crippen LogP contribution in [-0.2, 0) is 6.42 Å². The lowest BCUT2D eigenvalue weighted by molar-refractivity contribution is 0.405. The van der Waals surface area contributed by atoms with Crippen LogP contribution in [0.1, 0.15) is 28.3 Å². The molecular formula is C18H22FNO. The largest absolute Gasteiger partial charge is 0.496 e. The molecule has 0 aliphatic heterocycles. The van der Waals surface area contributed by atoms with Crippen LogP contribution >= 0.6 is 0 Å². The second-order valence-electron chi connectivity index (χ2n) is 5.39. The first kappa shape index (κ1) is 15.5. The van der Waals surface area contributed by atoms with Gasteiger partial charge in [0.15, 0.2) is 0 Å². The minimum atomic E-state index is -0.174. The van der Waals surface area contributed by atoms with Crippen LogP contribution in [0.25, 0.3) is 0 Å². The van der Waals surface area contributed by atoms with E-state index in [9.17, 15) is 4.39 Å². The monoisotopic (exact) mass is 287 g/mol. The van der Waals surface area contributed by atoms with Crippen LogP contribution in [0.4, 0.5) is 4.39 Å². The topological polar surface area (TPSA) is 21.3 Å². The van der Waals surface area contributed by atoms with Crippen molar-refractivity contribution in [1.82, 2.24) is 5.32 Å². The van der Waals surface area contributed by atoms with Gasteiger partial charge in [0.25, 0.3) is 0 Å². The third-order valence-electron chi connectivity index (χ3n) is 3.74. The molecule has 1 unspecified atom stereocenters. The molecule has 0 aromatic heterocycles. The molecule has 0 saturated heterocycles. The van der Waals surface area contributed by atoms with Gasteiger partial charge in [-0.25, -0.2) is 4.39 Å². The van der Waals surface area contributed by atoms with E-state index in [-0.39, 0.29) is 11.9 Å². The highest BCUT2D eigenvalue weighted by Gasteiger charge is 2.17. The van der Waals surface area contributed by atoms with E-state index in [2.05, 4.69) is 11.4 Å². The second-order valence-corrected chi connectivity index (χ2v) is 5.39. The summed E-state index contributed by atoms with van der Waals surface area (Å²) in [5, 5.41) is 3.21. The number of hydrogen-bond acceptors (Lipinski definition) is 2. The van der Waals surface area contributed by atoms with Crippen LogP contribution in [-0.4, -0.2) is 14.2 Å². The van der Waals surface area contributed by atoms with Crippen molar-refractivity contribution >= 4 is 0 Å². The Bertz CT molecular complexity index is 625. The first-order valence-corrected chi connectivity index (χ1v) is 7.12. The number of hydrogen-bond donors (Lipinski definition) is 1. The van der Waals surface area contributed by atoms with Crippen LogP contribution in [0.3, 0.4) is 0 Å². The summed E-state index contributed by atoms with van der Waals surface area (Å²) < 4.78 is 19.5. The van der Waals surface area contributed by atoms with Crippen LogP contribution in [0.5, 0.6) is 5.75 Å². The molecule has 2 nitrogen and oxygen atoms in total. The zero-order chi connectivity index (χ0) is 15.4. The Morgan fingerprint density at radius 1 is 1.10 bits per heavy atom. The first-order chi connectivity index (χ1) is 10.0. The van der Waals surface area contributed by atoms with Crippen molar-refractivity contribution in [3.63, 3.8) is 0 Å². The number of likely N-dealkylation sites (N-methyl/N-ethyl adjacent to an activating group) is 1. The third kappa shape index (κ3) is 3.61. The van der Waals surface area contributed by atoms with E-state index < -0.39 is 0 Å². The van der Waals surface area contributed by atoms with Crippen LogP contribution in [0.2, 0.25) is 0 Å². The number of methoxy groups -OCH3 is 1. The number of benzene rings is 2. The predicted octanol–water partition coefficient (Wildman–Crippen LogP) is 3.95. The van der Waals surface area contributed by atoms with Crippen molar-refractivity contribution in [2.75, 3.05) is 14.2 Å². The Kier molecular flexibility index (Phi) is 4.97. The molecule has 112 valence electrons. The Balaban J connectivity index is 2.35. The minimum Gasteiger partial charge on any atom is -0.496 e. The van der Waals surface area contributed by atoms with Crippen molar-refractivity contribution in [2.45, 2.75) is 26.3 Å². The molecule has 1 atom stereocenters. The van der Waals surface area contributed by atoms with Gasteiger partial charge in [-0.15, -0.1) is 0 Å². The van der Waals surface area contributed by atoms with Crippen molar-refractivity contribution in [1.29, 1.82) is 0 Å². The molecule has 0 aliphatic rings. The maximum Gasteiger partial charge on any atom is 0.128 e. The van der Waals surface area contributed by atoms with E-state index in [0.717, 1.165) is 16.9 Å². The maximum absolute atomic E-state index is 14.1. The summed E-state index contributed by atoms with van der Waals surface area (Å²) in [6.07, 6.45) is 0.682. The number of halogens is 1. The molecule has 2 rings (SSSR count). The smallest absolute Gasteiger partial charge is 0.128 e. The standard InChI is InChI=1S/C18H22FNO/c1-12-6-8-18(21-4)14(9-12)11-17(20-3)15-10-13(2)5-7-16(15)19/h5-10,17,20H,11H2,1-4H3. The predicted molar refractivity (Wildman–Crippen MR) is 84.4 cm³/mol. The van der Waals surface area contributed by atoms with Gasteiger partial charge in [0, 0.05) is 11.6 Å². The van der Waals surface area contributed by atoms with E-state index in [1.54, 1.807) is 13.2 Å². The highest BCUT2D eigenvalue weighted by atomic mass is 19.1. The average Bonchev–Trinajstić information content (AvgIpc) is 2.47. The summed E-state index contributed by atoms with van der Waals surface area (Å²) in [4.78, 5) is 0. The van der Waals surface area contributed by atoms with Gasteiger partial charge < -0.3 is 10.1 Å². The number of aryl methyl sites for hydroxylation is 2. The molecule has 0 fully saturated rings. The average molecular weight is 287 g/mol. The summed E-state index contributed by atoms with van der Waals surface area (Å²) in [5.74, 6) is 0.667. The summed E-state index contributed by atoms with van der Waals surface area (Å²) in [5.41, 5.74) is 4.01. The molecule has 0 aliphatic carbocycles. The minimum absolute atomic E-state index is 0.0828. The van der Waals surface area contributed by atoms with Crippen LogP contribution < -0.4 is 10.1 Å². The van der Waals surface area contributed by atoms with Gasteiger partial charge in [-0.05, 0) is 45.0 Å². The summed E-state index contributed by atoms with van der Waals surface area (Å²) in [6, 6.07) is 11.2. The van der Waals surface area contributed by atoms with Gasteiger partial charge in [0.1, 0.15) is 11.6 Å². The lowest BCUT2D eigenvalue weighted by Crippen LogP contribution is -2.20. The van der Waals surface area contributed by atoms with E-state index in [4.69, 9.17) is 4.74 Å². The lowest BCUT2D eigenvalue weighted by Gasteiger charge is -2.20. The van der Waals surface area contributed by atoms with E-state index in [0.29, 0.717) is 12.0 Å².